The van der Waals surface area contributed by atoms with E-state index >= 15 is 0 Å². The van der Waals surface area contributed by atoms with Gasteiger partial charge in [-0.1, -0.05) is 6.92 Å². The summed E-state index contributed by atoms with van der Waals surface area (Å²) in [7, 11) is 0. The number of hydrogen-bond donors (Lipinski definition) is 2. The van der Waals surface area contributed by atoms with Crippen molar-refractivity contribution in [2.45, 2.75) is 39.7 Å². The van der Waals surface area contributed by atoms with Crippen LogP contribution in [-0.2, 0) is 0 Å². The van der Waals surface area contributed by atoms with Crippen molar-refractivity contribution in [3.05, 3.63) is 24.0 Å². The molecule has 2 heterocycles. The van der Waals surface area contributed by atoms with Crippen LogP contribution in [0.2, 0.25) is 0 Å². The lowest BCUT2D eigenvalue weighted by atomic mass is 9.81. The van der Waals surface area contributed by atoms with Crippen LogP contribution in [0.3, 0.4) is 0 Å². The predicted molar refractivity (Wildman–Crippen MR) is 82.5 cm³/mol. The van der Waals surface area contributed by atoms with E-state index in [0.29, 0.717) is 18.0 Å². The Morgan fingerprint density at radius 3 is 2.86 bits per heavy atom. The highest BCUT2D eigenvalue weighted by molar-refractivity contribution is 5.94. The molecule has 0 radical (unpaired) electrons. The third kappa shape index (κ3) is 4.43. The monoisotopic (exact) mass is 291 g/mol. The van der Waals surface area contributed by atoms with Crippen molar-refractivity contribution in [2.75, 3.05) is 19.6 Å². The molecule has 21 heavy (non-hydrogen) atoms. The molecule has 0 saturated carbocycles. The number of hydrogen-bond acceptors (Lipinski definition) is 4. The lowest BCUT2D eigenvalue weighted by Gasteiger charge is -2.34. The van der Waals surface area contributed by atoms with Crippen LogP contribution in [0.15, 0.2) is 18.3 Å². The maximum absolute atomic E-state index is 12.4. The van der Waals surface area contributed by atoms with E-state index < -0.39 is 0 Å². The molecular formula is C16H25N3O2. The minimum atomic E-state index is -0.161. The van der Waals surface area contributed by atoms with Crippen LogP contribution in [-0.4, -0.2) is 36.6 Å². The molecule has 1 aliphatic rings. The van der Waals surface area contributed by atoms with E-state index in [1.54, 1.807) is 18.3 Å². The lowest BCUT2D eigenvalue weighted by molar-refractivity contribution is 0.0911. The summed E-state index contributed by atoms with van der Waals surface area (Å²) in [6.45, 7) is 8.79. The predicted octanol–water partition coefficient (Wildman–Crippen LogP) is 1.99. The molecule has 0 atom stereocenters. The second-order valence-corrected chi connectivity index (χ2v) is 6.26. The van der Waals surface area contributed by atoms with Crippen molar-refractivity contribution >= 4 is 5.91 Å². The number of nitrogens with zero attached hydrogens (tertiary/aromatic N) is 1. The van der Waals surface area contributed by atoms with Gasteiger partial charge in [0.25, 0.3) is 5.91 Å². The summed E-state index contributed by atoms with van der Waals surface area (Å²) < 4.78 is 5.65. The van der Waals surface area contributed by atoms with Crippen LogP contribution in [0.25, 0.3) is 0 Å². The fourth-order valence-electron chi connectivity index (χ4n) is 2.49. The highest BCUT2D eigenvalue weighted by atomic mass is 16.5. The normalized spacial score (nSPS) is 17.5. The molecular weight excluding hydrogens is 266 g/mol. The molecule has 1 aliphatic heterocycles. The number of carbonyl (C=O) groups is 1. The van der Waals surface area contributed by atoms with E-state index in [2.05, 4.69) is 22.5 Å². The number of carbonyl (C=O) groups excluding carboxylic acids is 1. The SMILES string of the molecule is CC(C)Oc1cccnc1C(=O)NCC1(C)CCNCC1. The molecule has 1 saturated heterocycles. The Labute approximate surface area is 126 Å². The topological polar surface area (TPSA) is 63.2 Å². The molecule has 0 spiro atoms. The molecule has 1 aromatic rings. The third-order valence-electron chi connectivity index (χ3n) is 3.83. The summed E-state index contributed by atoms with van der Waals surface area (Å²) in [4.78, 5) is 16.5. The number of amides is 1. The van der Waals surface area contributed by atoms with Gasteiger partial charge in [0.1, 0.15) is 0 Å². The Bertz CT molecular complexity index is 482. The molecule has 2 N–H and O–H groups in total. The highest BCUT2D eigenvalue weighted by Crippen LogP contribution is 2.27. The molecule has 2 rings (SSSR count). The van der Waals surface area contributed by atoms with Crippen LogP contribution in [0, 0.1) is 5.41 Å². The van der Waals surface area contributed by atoms with Gasteiger partial charge in [0, 0.05) is 12.7 Å². The fraction of sp³-hybridized carbons (Fsp3) is 0.625. The van der Waals surface area contributed by atoms with Crippen molar-refractivity contribution in [1.82, 2.24) is 15.6 Å². The minimum absolute atomic E-state index is 0.0164. The lowest BCUT2D eigenvalue weighted by Crippen LogP contribution is -2.43. The van der Waals surface area contributed by atoms with Crippen molar-refractivity contribution in [2.24, 2.45) is 5.41 Å². The smallest absolute Gasteiger partial charge is 0.273 e. The van der Waals surface area contributed by atoms with Gasteiger partial charge in [-0.25, -0.2) is 4.98 Å². The molecule has 1 fully saturated rings. The number of nitrogens with one attached hydrogen (secondary N) is 2. The average molecular weight is 291 g/mol. The molecule has 0 aliphatic carbocycles. The maximum atomic E-state index is 12.4. The van der Waals surface area contributed by atoms with E-state index in [1.165, 1.54) is 0 Å². The van der Waals surface area contributed by atoms with Gasteiger partial charge in [-0.3, -0.25) is 4.79 Å². The van der Waals surface area contributed by atoms with E-state index in [1.807, 2.05) is 13.8 Å². The van der Waals surface area contributed by atoms with Crippen LogP contribution >= 0.6 is 0 Å². The standard InChI is InChI=1S/C16H25N3O2/c1-12(2)21-13-5-4-8-18-14(13)15(20)19-11-16(3)6-9-17-10-7-16/h4-5,8,12,17H,6-7,9-11H2,1-3H3,(H,19,20). The van der Waals surface area contributed by atoms with Crippen molar-refractivity contribution < 1.29 is 9.53 Å². The second-order valence-electron chi connectivity index (χ2n) is 6.26. The van der Waals surface area contributed by atoms with Gasteiger partial charge >= 0.3 is 0 Å². The Balaban J connectivity index is 2.00. The first kappa shape index (κ1) is 15.8. The Hall–Kier alpha value is -1.62. The van der Waals surface area contributed by atoms with E-state index in [9.17, 15) is 4.79 Å². The van der Waals surface area contributed by atoms with Crippen LogP contribution < -0.4 is 15.4 Å². The fourth-order valence-corrected chi connectivity index (χ4v) is 2.49. The third-order valence-corrected chi connectivity index (χ3v) is 3.83. The molecule has 5 heteroatoms. The number of pyridine rings is 1. The summed E-state index contributed by atoms with van der Waals surface area (Å²) in [5, 5.41) is 6.36. The van der Waals surface area contributed by atoms with Gasteiger partial charge in [-0.05, 0) is 57.3 Å². The van der Waals surface area contributed by atoms with Crippen molar-refractivity contribution in [1.29, 1.82) is 0 Å². The summed E-state index contributed by atoms with van der Waals surface area (Å²) in [5.74, 6) is 0.381. The zero-order valence-electron chi connectivity index (χ0n) is 13.1. The summed E-state index contributed by atoms with van der Waals surface area (Å²) in [6, 6.07) is 3.57. The van der Waals surface area contributed by atoms with Gasteiger partial charge < -0.3 is 15.4 Å². The van der Waals surface area contributed by atoms with Gasteiger partial charge in [0.15, 0.2) is 11.4 Å². The molecule has 5 nitrogen and oxygen atoms in total. The zero-order chi connectivity index (χ0) is 15.3. The molecule has 116 valence electrons. The van der Waals surface area contributed by atoms with Gasteiger partial charge in [-0.2, -0.15) is 0 Å². The van der Waals surface area contributed by atoms with Gasteiger partial charge in [0.05, 0.1) is 6.10 Å². The number of piperidine rings is 1. The Kier molecular flexibility index (Phi) is 5.17. The summed E-state index contributed by atoms with van der Waals surface area (Å²) in [6.07, 6.45) is 3.78. The molecule has 0 aromatic carbocycles. The first-order valence-electron chi connectivity index (χ1n) is 7.61. The van der Waals surface area contributed by atoms with Crippen LogP contribution in [0.4, 0.5) is 0 Å². The van der Waals surface area contributed by atoms with E-state index in [0.717, 1.165) is 25.9 Å². The summed E-state index contributed by atoms with van der Waals surface area (Å²) >= 11 is 0. The first-order chi connectivity index (χ1) is 10.0. The largest absolute Gasteiger partial charge is 0.489 e. The molecule has 0 unspecified atom stereocenters. The minimum Gasteiger partial charge on any atom is -0.489 e. The van der Waals surface area contributed by atoms with Crippen LogP contribution in [0.5, 0.6) is 5.75 Å². The van der Waals surface area contributed by atoms with Gasteiger partial charge in [0.2, 0.25) is 0 Å². The highest BCUT2D eigenvalue weighted by Gasteiger charge is 2.27. The Morgan fingerprint density at radius 1 is 1.48 bits per heavy atom. The van der Waals surface area contributed by atoms with E-state index in [4.69, 9.17) is 4.74 Å². The quantitative estimate of drug-likeness (QED) is 0.871. The maximum Gasteiger partial charge on any atom is 0.273 e. The first-order valence-corrected chi connectivity index (χ1v) is 7.61. The zero-order valence-corrected chi connectivity index (χ0v) is 13.1. The number of aromatic nitrogens is 1. The van der Waals surface area contributed by atoms with Crippen LogP contribution in [0.1, 0.15) is 44.1 Å². The molecule has 0 bridgehead atoms. The molecule has 1 amide bonds. The number of ether oxygens (including phenoxy) is 1. The average Bonchev–Trinajstić information content (AvgIpc) is 2.46. The number of rotatable bonds is 5. The molecule has 1 aromatic heterocycles. The second kappa shape index (κ2) is 6.89. The van der Waals surface area contributed by atoms with Crippen molar-refractivity contribution in [3.8, 4) is 5.75 Å². The van der Waals surface area contributed by atoms with Crippen molar-refractivity contribution in [3.63, 3.8) is 0 Å². The van der Waals surface area contributed by atoms with E-state index in [-0.39, 0.29) is 17.4 Å². The summed E-state index contributed by atoms with van der Waals surface area (Å²) in [5.41, 5.74) is 0.526. The Morgan fingerprint density at radius 2 is 2.19 bits per heavy atom. The van der Waals surface area contributed by atoms with Gasteiger partial charge in [-0.15, -0.1) is 0 Å².